The van der Waals surface area contributed by atoms with Crippen LogP contribution >= 0.6 is 11.3 Å². The summed E-state index contributed by atoms with van der Waals surface area (Å²) in [7, 11) is 0. The quantitative estimate of drug-likeness (QED) is 0.923. The summed E-state index contributed by atoms with van der Waals surface area (Å²) in [6.07, 6.45) is 3.99. The standard InChI is InChI=1S/C13H20N4S/c1-10-9-18-12(16-10)8-17-7-11(6-15-17)5-14-13(2,3)4/h6-7,9,14H,5,8H2,1-4H3. The van der Waals surface area contributed by atoms with Crippen molar-refractivity contribution in [2.45, 2.75) is 46.3 Å². The van der Waals surface area contributed by atoms with E-state index in [4.69, 9.17) is 0 Å². The molecule has 0 radical (unpaired) electrons. The van der Waals surface area contributed by atoms with Crippen molar-refractivity contribution in [1.82, 2.24) is 20.1 Å². The predicted octanol–water partition coefficient (Wildman–Crippen LogP) is 2.58. The van der Waals surface area contributed by atoms with Crippen molar-refractivity contribution in [2.24, 2.45) is 0 Å². The number of aryl methyl sites for hydroxylation is 1. The first-order valence-electron chi connectivity index (χ1n) is 6.10. The molecule has 98 valence electrons. The number of hydrogen-bond donors (Lipinski definition) is 1. The summed E-state index contributed by atoms with van der Waals surface area (Å²) in [6.45, 7) is 10.1. The Morgan fingerprint density at radius 1 is 1.39 bits per heavy atom. The van der Waals surface area contributed by atoms with Crippen molar-refractivity contribution in [3.63, 3.8) is 0 Å². The highest BCUT2D eigenvalue weighted by Crippen LogP contribution is 2.11. The summed E-state index contributed by atoms with van der Waals surface area (Å²) in [6, 6.07) is 0. The van der Waals surface area contributed by atoms with Gasteiger partial charge in [-0.05, 0) is 27.7 Å². The second kappa shape index (κ2) is 5.20. The van der Waals surface area contributed by atoms with Crippen LogP contribution in [-0.4, -0.2) is 20.3 Å². The van der Waals surface area contributed by atoms with Gasteiger partial charge in [-0.3, -0.25) is 4.68 Å². The third kappa shape index (κ3) is 3.92. The Balaban J connectivity index is 1.94. The Kier molecular flexibility index (Phi) is 3.82. The van der Waals surface area contributed by atoms with Crippen molar-refractivity contribution < 1.29 is 0 Å². The van der Waals surface area contributed by atoms with Gasteiger partial charge in [0, 0.05) is 34.9 Å². The molecular formula is C13H20N4S. The average molecular weight is 264 g/mol. The molecule has 18 heavy (non-hydrogen) atoms. The maximum atomic E-state index is 4.44. The lowest BCUT2D eigenvalue weighted by Gasteiger charge is -2.19. The van der Waals surface area contributed by atoms with Gasteiger partial charge in [-0.1, -0.05) is 0 Å². The zero-order valence-electron chi connectivity index (χ0n) is 11.4. The van der Waals surface area contributed by atoms with E-state index in [0.29, 0.717) is 0 Å². The highest BCUT2D eigenvalue weighted by molar-refractivity contribution is 7.09. The molecule has 0 fully saturated rings. The van der Waals surface area contributed by atoms with Gasteiger partial charge in [0.05, 0.1) is 12.7 Å². The number of thiazole rings is 1. The molecule has 1 N–H and O–H groups in total. The molecule has 0 unspecified atom stereocenters. The maximum Gasteiger partial charge on any atom is 0.114 e. The number of nitrogens with zero attached hydrogens (tertiary/aromatic N) is 3. The summed E-state index contributed by atoms with van der Waals surface area (Å²) in [5.41, 5.74) is 2.42. The molecule has 2 heterocycles. The van der Waals surface area contributed by atoms with E-state index in [1.165, 1.54) is 5.56 Å². The zero-order valence-corrected chi connectivity index (χ0v) is 12.2. The summed E-state index contributed by atoms with van der Waals surface area (Å²) >= 11 is 1.68. The minimum Gasteiger partial charge on any atom is -0.308 e. The maximum absolute atomic E-state index is 4.44. The topological polar surface area (TPSA) is 42.7 Å². The van der Waals surface area contributed by atoms with E-state index in [-0.39, 0.29) is 5.54 Å². The zero-order chi connectivity index (χ0) is 13.2. The lowest BCUT2D eigenvalue weighted by molar-refractivity contribution is 0.424. The fraction of sp³-hybridized carbons (Fsp3) is 0.538. The van der Waals surface area contributed by atoms with Crippen LogP contribution in [0.2, 0.25) is 0 Å². The van der Waals surface area contributed by atoms with Crippen LogP contribution in [0.5, 0.6) is 0 Å². The first-order chi connectivity index (χ1) is 8.42. The van der Waals surface area contributed by atoms with E-state index >= 15 is 0 Å². The van der Waals surface area contributed by atoms with Gasteiger partial charge in [0.15, 0.2) is 0 Å². The Labute approximate surface area is 112 Å². The van der Waals surface area contributed by atoms with Crippen LogP contribution in [0, 0.1) is 6.92 Å². The Bertz CT molecular complexity index is 507. The normalized spacial score (nSPS) is 12.0. The van der Waals surface area contributed by atoms with Gasteiger partial charge < -0.3 is 5.32 Å². The largest absolute Gasteiger partial charge is 0.308 e. The first kappa shape index (κ1) is 13.2. The van der Waals surface area contributed by atoms with Crippen LogP contribution in [-0.2, 0) is 13.1 Å². The second-order valence-corrected chi connectivity index (χ2v) is 6.47. The molecule has 0 spiro atoms. The lowest BCUT2D eigenvalue weighted by atomic mass is 10.1. The van der Waals surface area contributed by atoms with Gasteiger partial charge >= 0.3 is 0 Å². The third-order valence-corrected chi connectivity index (χ3v) is 3.42. The number of rotatable bonds is 4. The van der Waals surface area contributed by atoms with Crippen LogP contribution in [0.1, 0.15) is 37.0 Å². The molecule has 0 aromatic carbocycles. The monoisotopic (exact) mass is 264 g/mol. The van der Waals surface area contributed by atoms with Crippen molar-refractivity contribution in [3.8, 4) is 0 Å². The lowest BCUT2D eigenvalue weighted by Crippen LogP contribution is -2.34. The highest BCUT2D eigenvalue weighted by Gasteiger charge is 2.09. The molecule has 2 aromatic rings. The summed E-state index contributed by atoms with van der Waals surface area (Å²) < 4.78 is 1.94. The summed E-state index contributed by atoms with van der Waals surface area (Å²) in [5, 5.41) is 11.0. The molecule has 2 aromatic heterocycles. The van der Waals surface area contributed by atoms with E-state index in [1.54, 1.807) is 11.3 Å². The van der Waals surface area contributed by atoms with Crippen LogP contribution < -0.4 is 5.32 Å². The van der Waals surface area contributed by atoms with Gasteiger partial charge in [-0.2, -0.15) is 5.10 Å². The van der Waals surface area contributed by atoms with Gasteiger partial charge in [0.2, 0.25) is 0 Å². The van der Waals surface area contributed by atoms with Crippen LogP contribution in [0.4, 0.5) is 0 Å². The number of nitrogens with one attached hydrogen (secondary N) is 1. The Morgan fingerprint density at radius 2 is 2.17 bits per heavy atom. The molecule has 0 aliphatic heterocycles. The van der Waals surface area contributed by atoms with Crippen molar-refractivity contribution in [3.05, 3.63) is 34.0 Å². The molecule has 0 bridgehead atoms. The fourth-order valence-electron chi connectivity index (χ4n) is 1.57. The molecule has 0 amide bonds. The molecular weight excluding hydrogens is 244 g/mol. The molecule has 5 heteroatoms. The molecule has 0 aliphatic carbocycles. The average Bonchev–Trinajstić information content (AvgIpc) is 2.85. The Hall–Kier alpha value is -1.20. The fourth-order valence-corrected chi connectivity index (χ4v) is 2.33. The van der Waals surface area contributed by atoms with E-state index < -0.39 is 0 Å². The van der Waals surface area contributed by atoms with Gasteiger partial charge in [0.25, 0.3) is 0 Å². The van der Waals surface area contributed by atoms with Crippen LogP contribution in [0.3, 0.4) is 0 Å². The first-order valence-corrected chi connectivity index (χ1v) is 6.98. The second-order valence-electron chi connectivity index (χ2n) is 5.53. The molecule has 2 rings (SSSR count). The molecule has 0 atom stereocenters. The smallest absolute Gasteiger partial charge is 0.114 e. The van der Waals surface area contributed by atoms with Gasteiger partial charge in [0.1, 0.15) is 5.01 Å². The predicted molar refractivity (Wildman–Crippen MR) is 74.8 cm³/mol. The minimum atomic E-state index is 0.133. The summed E-state index contributed by atoms with van der Waals surface area (Å²) in [4.78, 5) is 4.44. The SMILES string of the molecule is Cc1csc(Cn2cc(CNC(C)(C)C)cn2)n1. The molecule has 0 saturated heterocycles. The van der Waals surface area contributed by atoms with E-state index in [1.807, 2.05) is 17.8 Å². The van der Waals surface area contributed by atoms with E-state index in [2.05, 4.69) is 47.7 Å². The minimum absolute atomic E-state index is 0.133. The van der Waals surface area contributed by atoms with E-state index in [0.717, 1.165) is 23.8 Å². The molecule has 4 nitrogen and oxygen atoms in total. The highest BCUT2D eigenvalue weighted by atomic mass is 32.1. The van der Waals surface area contributed by atoms with Crippen LogP contribution in [0.15, 0.2) is 17.8 Å². The number of hydrogen-bond acceptors (Lipinski definition) is 4. The van der Waals surface area contributed by atoms with Gasteiger partial charge in [-0.15, -0.1) is 11.3 Å². The summed E-state index contributed by atoms with van der Waals surface area (Å²) in [5.74, 6) is 0. The van der Waals surface area contributed by atoms with Crippen molar-refractivity contribution in [2.75, 3.05) is 0 Å². The van der Waals surface area contributed by atoms with Gasteiger partial charge in [-0.25, -0.2) is 4.98 Å². The van der Waals surface area contributed by atoms with Crippen molar-refractivity contribution >= 4 is 11.3 Å². The Morgan fingerprint density at radius 3 is 2.78 bits per heavy atom. The van der Waals surface area contributed by atoms with E-state index in [9.17, 15) is 0 Å². The third-order valence-electron chi connectivity index (χ3n) is 2.47. The number of aromatic nitrogens is 3. The molecule has 0 aliphatic rings. The van der Waals surface area contributed by atoms with Crippen molar-refractivity contribution in [1.29, 1.82) is 0 Å². The van der Waals surface area contributed by atoms with Crippen LogP contribution in [0.25, 0.3) is 0 Å². The molecule has 0 saturated carbocycles.